The Morgan fingerprint density at radius 2 is 2.12 bits per heavy atom. The molecule has 1 aromatic carbocycles. The lowest BCUT2D eigenvalue weighted by Gasteiger charge is -2.21. The van der Waals surface area contributed by atoms with Gasteiger partial charge in [0.1, 0.15) is 30.7 Å². The van der Waals surface area contributed by atoms with Crippen molar-refractivity contribution < 1.29 is 32.8 Å². The molecule has 0 aliphatic carbocycles. The molecule has 0 saturated carbocycles. The van der Waals surface area contributed by atoms with E-state index in [4.69, 9.17) is 19.9 Å². The third-order valence-electron chi connectivity index (χ3n) is 3.69. The van der Waals surface area contributed by atoms with Crippen molar-refractivity contribution >= 4 is 21.7 Å². The molecular formula is C13H17N3O7S. The minimum atomic E-state index is -3.88. The monoisotopic (exact) mass is 359 g/mol. The van der Waals surface area contributed by atoms with Crippen LogP contribution in [0.4, 0.5) is 5.69 Å². The first-order chi connectivity index (χ1) is 11.3. The maximum absolute atomic E-state index is 11.5. The van der Waals surface area contributed by atoms with Gasteiger partial charge in [0.2, 0.25) is 0 Å². The highest BCUT2D eigenvalue weighted by molar-refractivity contribution is 7.91. The van der Waals surface area contributed by atoms with Crippen molar-refractivity contribution in [3.8, 4) is 5.75 Å². The van der Waals surface area contributed by atoms with E-state index in [1.54, 1.807) is 12.1 Å². The average molecular weight is 359 g/mol. The Morgan fingerprint density at radius 1 is 1.38 bits per heavy atom. The molecule has 3 rings (SSSR count). The number of ether oxygens (including phenoxy) is 3. The third-order valence-corrected chi connectivity index (χ3v) is 4.61. The Balaban J connectivity index is 1.79. The molecule has 1 saturated heterocycles. The van der Waals surface area contributed by atoms with E-state index in [0.29, 0.717) is 5.56 Å². The molecule has 11 heteroatoms. The zero-order valence-corrected chi connectivity index (χ0v) is 13.4. The van der Waals surface area contributed by atoms with Gasteiger partial charge in [-0.1, -0.05) is 6.07 Å². The molecule has 132 valence electrons. The van der Waals surface area contributed by atoms with E-state index in [-0.39, 0.29) is 23.9 Å². The highest BCUT2D eigenvalue weighted by Gasteiger charge is 2.43. The predicted molar refractivity (Wildman–Crippen MR) is 82.9 cm³/mol. The molecule has 1 aromatic rings. The van der Waals surface area contributed by atoms with Crippen LogP contribution in [0.2, 0.25) is 0 Å². The molecule has 2 aliphatic heterocycles. The third kappa shape index (κ3) is 3.03. The first-order valence-electron chi connectivity index (χ1n) is 7.01. The van der Waals surface area contributed by atoms with E-state index < -0.39 is 34.8 Å². The SMILES string of the molecule is COC1O[C@H](COc2cccc3c2C(N)=NS(=O)(=O)N3)[C@H](O)[C@H]1O. The fraction of sp³-hybridized carbons (Fsp3) is 0.462. The van der Waals surface area contributed by atoms with Crippen molar-refractivity contribution in [2.45, 2.75) is 24.6 Å². The minimum Gasteiger partial charge on any atom is -0.490 e. The quantitative estimate of drug-likeness (QED) is 0.508. The lowest BCUT2D eigenvalue weighted by Crippen LogP contribution is -2.35. The molecule has 0 amide bonds. The molecule has 2 heterocycles. The second-order valence-corrected chi connectivity index (χ2v) is 6.64. The molecule has 0 radical (unpaired) electrons. The lowest BCUT2D eigenvalue weighted by atomic mass is 10.1. The first kappa shape index (κ1) is 16.9. The summed E-state index contributed by atoms with van der Waals surface area (Å²) in [5.41, 5.74) is 6.24. The van der Waals surface area contributed by atoms with E-state index in [0.717, 1.165) is 0 Å². The van der Waals surface area contributed by atoms with Crippen LogP contribution in [0.15, 0.2) is 22.6 Å². The predicted octanol–water partition coefficient (Wildman–Crippen LogP) is -1.47. The zero-order valence-electron chi connectivity index (χ0n) is 12.6. The Hall–Kier alpha value is -1.92. The van der Waals surface area contributed by atoms with Crippen molar-refractivity contribution in [2.75, 3.05) is 18.4 Å². The molecule has 5 N–H and O–H groups in total. The molecule has 0 aromatic heterocycles. The van der Waals surface area contributed by atoms with Crippen LogP contribution in [0.25, 0.3) is 0 Å². The van der Waals surface area contributed by atoms with Gasteiger partial charge in [-0.05, 0) is 12.1 Å². The number of hydrogen-bond donors (Lipinski definition) is 4. The van der Waals surface area contributed by atoms with Gasteiger partial charge in [0.05, 0.1) is 11.3 Å². The van der Waals surface area contributed by atoms with Gasteiger partial charge in [-0.3, -0.25) is 4.72 Å². The molecular weight excluding hydrogens is 342 g/mol. The number of nitrogens with one attached hydrogen (secondary N) is 1. The topological polar surface area (TPSA) is 153 Å². The summed E-state index contributed by atoms with van der Waals surface area (Å²) in [5.74, 6) is 0.0596. The fourth-order valence-electron chi connectivity index (χ4n) is 2.56. The summed E-state index contributed by atoms with van der Waals surface area (Å²) >= 11 is 0. The van der Waals surface area contributed by atoms with E-state index in [1.807, 2.05) is 0 Å². The molecule has 0 spiro atoms. The number of amidine groups is 1. The van der Waals surface area contributed by atoms with Gasteiger partial charge in [0.25, 0.3) is 0 Å². The Kier molecular flexibility index (Phi) is 4.36. The number of rotatable bonds is 4. The Bertz CT molecular complexity index is 767. The molecule has 10 nitrogen and oxygen atoms in total. The van der Waals surface area contributed by atoms with E-state index >= 15 is 0 Å². The molecule has 4 atom stereocenters. The lowest BCUT2D eigenvalue weighted by molar-refractivity contribution is -0.152. The summed E-state index contributed by atoms with van der Waals surface area (Å²) in [6.07, 6.45) is -4.14. The second-order valence-electron chi connectivity index (χ2n) is 5.30. The number of nitrogens with zero attached hydrogens (tertiary/aromatic N) is 1. The van der Waals surface area contributed by atoms with Crippen LogP contribution in [0.5, 0.6) is 5.75 Å². The smallest absolute Gasteiger partial charge is 0.344 e. The van der Waals surface area contributed by atoms with Crippen molar-refractivity contribution in [2.24, 2.45) is 10.1 Å². The molecule has 1 fully saturated rings. The van der Waals surface area contributed by atoms with Crippen LogP contribution in [-0.2, 0) is 19.7 Å². The van der Waals surface area contributed by atoms with E-state index in [2.05, 4.69) is 9.12 Å². The van der Waals surface area contributed by atoms with Crippen LogP contribution in [0.3, 0.4) is 0 Å². The normalized spacial score (nSPS) is 31.0. The highest BCUT2D eigenvalue weighted by atomic mass is 32.2. The largest absolute Gasteiger partial charge is 0.490 e. The standard InChI is InChI=1S/C13H17N3O7S/c1-21-13-11(18)10(17)8(23-13)5-22-7-4-2-3-6-9(7)12(14)16-24(19,20)15-6/h2-4,8,10-11,13,15,17-18H,5H2,1H3,(H2,14,16)/t8-,10+,11-,13?/m1/s1. The van der Waals surface area contributed by atoms with E-state index in [9.17, 15) is 18.6 Å². The van der Waals surface area contributed by atoms with Crippen LogP contribution in [0, 0.1) is 0 Å². The van der Waals surface area contributed by atoms with Crippen molar-refractivity contribution in [1.82, 2.24) is 0 Å². The molecule has 0 bridgehead atoms. The number of aliphatic hydroxyl groups excluding tert-OH is 2. The number of aliphatic hydroxyl groups is 2. The zero-order chi connectivity index (χ0) is 17.5. The number of methoxy groups -OCH3 is 1. The van der Waals surface area contributed by atoms with Crippen LogP contribution in [0.1, 0.15) is 5.56 Å². The number of fused-ring (bicyclic) bond motifs is 1. The summed E-state index contributed by atoms with van der Waals surface area (Å²) in [6.45, 7) is -0.103. The summed E-state index contributed by atoms with van der Waals surface area (Å²) in [7, 11) is -2.53. The maximum atomic E-state index is 11.5. The van der Waals surface area contributed by atoms with Gasteiger partial charge in [-0.2, -0.15) is 8.42 Å². The Morgan fingerprint density at radius 3 is 2.79 bits per heavy atom. The number of anilines is 1. The summed E-state index contributed by atoms with van der Waals surface area (Å²) in [5, 5.41) is 19.7. The minimum absolute atomic E-state index is 0.103. The second kappa shape index (κ2) is 6.18. The number of hydrogen-bond acceptors (Lipinski definition) is 8. The van der Waals surface area contributed by atoms with Crippen LogP contribution in [-0.4, -0.2) is 62.8 Å². The van der Waals surface area contributed by atoms with Gasteiger partial charge in [0, 0.05) is 7.11 Å². The molecule has 24 heavy (non-hydrogen) atoms. The van der Waals surface area contributed by atoms with Gasteiger partial charge >= 0.3 is 10.2 Å². The Labute approximate surface area is 138 Å². The van der Waals surface area contributed by atoms with Crippen molar-refractivity contribution in [3.63, 3.8) is 0 Å². The molecule has 2 aliphatic rings. The van der Waals surface area contributed by atoms with Crippen LogP contribution < -0.4 is 15.2 Å². The van der Waals surface area contributed by atoms with Gasteiger partial charge in [-0.15, -0.1) is 4.40 Å². The summed E-state index contributed by atoms with van der Waals surface area (Å²) < 4.78 is 44.5. The van der Waals surface area contributed by atoms with Crippen molar-refractivity contribution in [1.29, 1.82) is 0 Å². The van der Waals surface area contributed by atoms with E-state index in [1.165, 1.54) is 13.2 Å². The fourth-order valence-corrected chi connectivity index (χ4v) is 3.40. The van der Waals surface area contributed by atoms with Crippen LogP contribution >= 0.6 is 0 Å². The average Bonchev–Trinajstić information content (AvgIpc) is 2.78. The summed E-state index contributed by atoms with van der Waals surface area (Å²) in [6, 6.07) is 4.67. The number of nitrogens with two attached hydrogens (primary N) is 1. The molecule has 1 unspecified atom stereocenters. The first-order valence-corrected chi connectivity index (χ1v) is 8.45. The highest BCUT2D eigenvalue weighted by Crippen LogP contribution is 2.31. The number of benzene rings is 1. The summed E-state index contributed by atoms with van der Waals surface area (Å²) in [4.78, 5) is 0. The van der Waals surface area contributed by atoms with Gasteiger partial charge in [0.15, 0.2) is 12.1 Å². The maximum Gasteiger partial charge on any atom is 0.344 e. The van der Waals surface area contributed by atoms with Crippen molar-refractivity contribution in [3.05, 3.63) is 23.8 Å². The van der Waals surface area contributed by atoms with Gasteiger partial charge < -0.3 is 30.2 Å². The van der Waals surface area contributed by atoms with Gasteiger partial charge in [-0.25, -0.2) is 0 Å².